The molecule has 1 aliphatic rings. The highest BCUT2D eigenvalue weighted by molar-refractivity contribution is 5.95. The minimum absolute atomic E-state index is 0.121. The van der Waals surface area contributed by atoms with Crippen LogP contribution in [0.25, 0.3) is 5.65 Å². The van der Waals surface area contributed by atoms with E-state index in [9.17, 15) is 4.79 Å². The van der Waals surface area contributed by atoms with Gasteiger partial charge in [0.15, 0.2) is 5.65 Å². The van der Waals surface area contributed by atoms with Gasteiger partial charge < -0.3 is 4.90 Å². The van der Waals surface area contributed by atoms with E-state index in [1.54, 1.807) is 0 Å². The minimum atomic E-state index is 0.121. The van der Waals surface area contributed by atoms with Crippen LogP contribution >= 0.6 is 0 Å². The second kappa shape index (κ2) is 6.31. The van der Waals surface area contributed by atoms with Gasteiger partial charge in [-0.1, -0.05) is 23.8 Å². The van der Waals surface area contributed by atoms with Gasteiger partial charge in [0.25, 0.3) is 5.91 Å². The number of likely N-dealkylation sites (tertiary alicyclic amines) is 1. The molecule has 3 heterocycles. The molecule has 1 amide bonds. The Morgan fingerprint density at radius 2 is 2.04 bits per heavy atom. The molecule has 3 aromatic rings. The number of hydrogen-bond acceptors (Lipinski definition) is 3. The second-order valence-electron chi connectivity index (χ2n) is 6.90. The number of carbonyl (C=O) groups is 1. The monoisotopic (exact) mass is 334 g/mol. The van der Waals surface area contributed by atoms with Crippen molar-refractivity contribution in [2.45, 2.75) is 32.6 Å². The minimum Gasteiger partial charge on any atom is -0.338 e. The SMILES string of the molecule is Cc1ccc(C(=O)N2CCCC(c3nnc4ccccn34)C2)c(C)c1. The number of hydrogen-bond donors (Lipinski definition) is 0. The highest BCUT2D eigenvalue weighted by atomic mass is 16.2. The molecule has 5 heteroatoms. The van der Waals surface area contributed by atoms with Crippen molar-refractivity contribution in [2.75, 3.05) is 13.1 Å². The van der Waals surface area contributed by atoms with E-state index in [2.05, 4.69) is 23.2 Å². The Labute approximate surface area is 147 Å². The summed E-state index contributed by atoms with van der Waals surface area (Å²) in [7, 11) is 0. The van der Waals surface area contributed by atoms with Gasteiger partial charge in [0, 0.05) is 30.8 Å². The van der Waals surface area contributed by atoms with Crippen molar-refractivity contribution in [3.05, 3.63) is 65.1 Å². The summed E-state index contributed by atoms with van der Waals surface area (Å²) in [5.74, 6) is 1.30. The molecular weight excluding hydrogens is 312 g/mol. The van der Waals surface area contributed by atoms with Crippen molar-refractivity contribution < 1.29 is 4.79 Å². The zero-order valence-electron chi connectivity index (χ0n) is 14.6. The smallest absolute Gasteiger partial charge is 0.254 e. The molecule has 0 bridgehead atoms. The number of aromatic nitrogens is 3. The summed E-state index contributed by atoms with van der Waals surface area (Å²) < 4.78 is 2.04. The lowest BCUT2D eigenvalue weighted by molar-refractivity contribution is 0.0703. The van der Waals surface area contributed by atoms with Gasteiger partial charge in [0.1, 0.15) is 5.82 Å². The molecule has 2 aromatic heterocycles. The Kier molecular flexibility index (Phi) is 3.99. The van der Waals surface area contributed by atoms with Crippen LogP contribution in [0.3, 0.4) is 0 Å². The van der Waals surface area contributed by atoms with Crippen LogP contribution in [0.5, 0.6) is 0 Å². The van der Waals surface area contributed by atoms with E-state index in [-0.39, 0.29) is 11.8 Å². The van der Waals surface area contributed by atoms with Gasteiger partial charge in [0.2, 0.25) is 0 Å². The number of fused-ring (bicyclic) bond motifs is 1. The first-order valence-corrected chi connectivity index (χ1v) is 8.79. The van der Waals surface area contributed by atoms with E-state index in [1.165, 1.54) is 5.56 Å². The summed E-state index contributed by atoms with van der Waals surface area (Å²) in [5.41, 5.74) is 3.88. The third-order valence-corrected chi connectivity index (χ3v) is 5.03. The lowest BCUT2D eigenvalue weighted by atomic mass is 9.95. The molecule has 4 rings (SSSR count). The number of carbonyl (C=O) groups excluding carboxylic acids is 1. The Bertz CT molecular complexity index is 930. The fraction of sp³-hybridized carbons (Fsp3) is 0.350. The predicted molar refractivity (Wildman–Crippen MR) is 96.8 cm³/mol. The first-order chi connectivity index (χ1) is 12.1. The van der Waals surface area contributed by atoms with Crippen LogP contribution in [0.1, 0.15) is 46.1 Å². The van der Waals surface area contributed by atoms with Crippen LogP contribution in [-0.2, 0) is 0 Å². The van der Waals surface area contributed by atoms with E-state index in [0.29, 0.717) is 6.54 Å². The van der Waals surface area contributed by atoms with Crippen LogP contribution in [0.2, 0.25) is 0 Å². The number of benzene rings is 1. The summed E-state index contributed by atoms with van der Waals surface area (Å²) >= 11 is 0. The number of nitrogens with zero attached hydrogens (tertiary/aromatic N) is 4. The summed E-state index contributed by atoms with van der Waals surface area (Å²) in [6.45, 7) is 5.56. The molecule has 5 nitrogen and oxygen atoms in total. The van der Waals surface area contributed by atoms with E-state index in [1.807, 2.05) is 52.8 Å². The highest BCUT2D eigenvalue weighted by Gasteiger charge is 2.28. The van der Waals surface area contributed by atoms with Gasteiger partial charge in [0.05, 0.1) is 0 Å². The third kappa shape index (κ3) is 2.90. The number of amides is 1. The van der Waals surface area contributed by atoms with Crippen LogP contribution < -0.4 is 0 Å². The molecule has 0 saturated carbocycles. The Hall–Kier alpha value is -2.69. The lowest BCUT2D eigenvalue weighted by Crippen LogP contribution is -2.39. The first-order valence-electron chi connectivity index (χ1n) is 8.79. The Morgan fingerprint density at radius 1 is 1.16 bits per heavy atom. The molecule has 1 saturated heterocycles. The normalized spacial score (nSPS) is 17.8. The van der Waals surface area contributed by atoms with Gasteiger partial charge >= 0.3 is 0 Å². The maximum Gasteiger partial charge on any atom is 0.254 e. The van der Waals surface area contributed by atoms with Crippen molar-refractivity contribution in [3.63, 3.8) is 0 Å². The van der Waals surface area contributed by atoms with Gasteiger partial charge in [-0.3, -0.25) is 9.20 Å². The molecule has 0 N–H and O–H groups in total. The zero-order valence-corrected chi connectivity index (χ0v) is 14.6. The highest BCUT2D eigenvalue weighted by Crippen LogP contribution is 2.27. The summed E-state index contributed by atoms with van der Waals surface area (Å²) in [4.78, 5) is 15.0. The molecule has 0 aliphatic carbocycles. The molecular formula is C20H22N4O. The maximum absolute atomic E-state index is 13.0. The summed E-state index contributed by atoms with van der Waals surface area (Å²) in [6, 6.07) is 11.9. The van der Waals surface area contributed by atoms with Crippen LogP contribution in [-0.4, -0.2) is 38.5 Å². The van der Waals surface area contributed by atoms with Crippen LogP contribution in [0.15, 0.2) is 42.6 Å². The van der Waals surface area contributed by atoms with E-state index in [0.717, 1.165) is 42.0 Å². The van der Waals surface area contributed by atoms with Crippen molar-refractivity contribution >= 4 is 11.6 Å². The Balaban J connectivity index is 1.59. The number of rotatable bonds is 2. The molecule has 1 aromatic carbocycles. The van der Waals surface area contributed by atoms with Crippen molar-refractivity contribution in [1.29, 1.82) is 0 Å². The number of piperidine rings is 1. The van der Waals surface area contributed by atoms with Crippen LogP contribution in [0, 0.1) is 13.8 Å². The molecule has 25 heavy (non-hydrogen) atoms. The summed E-state index contributed by atoms with van der Waals surface area (Å²) in [5, 5.41) is 8.64. The fourth-order valence-electron chi connectivity index (χ4n) is 3.73. The average Bonchev–Trinajstić information content (AvgIpc) is 3.05. The van der Waals surface area contributed by atoms with Gasteiger partial charge in [-0.25, -0.2) is 0 Å². The van der Waals surface area contributed by atoms with Crippen molar-refractivity contribution in [2.24, 2.45) is 0 Å². The largest absolute Gasteiger partial charge is 0.338 e. The molecule has 0 spiro atoms. The van der Waals surface area contributed by atoms with Crippen LogP contribution in [0.4, 0.5) is 0 Å². The zero-order chi connectivity index (χ0) is 17.4. The fourth-order valence-corrected chi connectivity index (χ4v) is 3.73. The van der Waals surface area contributed by atoms with Crippen molar-refractivity contribution in [1.82, 2.24) is 19.5 Å². The topological polar surface area (TPSA) is 50.5 Å². The van der Waals surface area contributed by atoms with Gasteiger partial charge in [-0.05, 0) is 50.5 Å². The lowest BCUT2D eigenvalue weighted by Gasteiger charge is -2.32. The van der Waals surface area contributed by atoms with Crippen molar-refractivity contribution in [3.8, 4) is 0 Å². The Morgan fingerprint density at radius 3 is 2.88 bits per heavy atom. The van der Waals surface area contributed by atoms with Gasteiger partial charge in [-0.15, -0.1) is 10.2 Å². The van der Waals surface area contributed by atoms with Gasteiger partial charge in [-0.2, -0.15) is 0 Å². The molecule has 1 fully saturated rings. The number of pyridine rings is 1. The maximum atomic E-state index is 13.0. The quantitative estimate of drug-likeness (QED) is 0.722. The molecule has 1 aliphatic heterocycles. The van der Waals surface area contributed by atoms with E-state index in [4.69, 9.17) is 0 Å². The summed E-state index contributed by atoms with van der Waals surface area (Å²) in [6.07, 6.45) is 4.02. The molecule has 1 unspecified atom stereocenters. The molecule has 0 radical (unpaired) electrons. The third-order valence-electron chi connectivity index (χ3n) is 5.03. The molecule has 128 valence electrons. The second-order valence-corrected chi connectivity index (χ2v) is 6.90. The average molecular weight is 334 g/mol. The van der Waals surface area contributed by atoms with E-state index >= 15 is 0 Å². The standard InChI is InChI=1S/C20H22N4O/c1-14-8-9-17(15(2)12-14)20(25)23-10-5-6-16(13-23)19-22-21-18-7-3-4-11-24(18)19/h3-4,7-9,11-12,16H,5-6,10,13H2,1-2H3. The first kappa shape index (κ1) is 15.8. The van der Waals surface area contributed by atoms with E-state index < -0.39 is 0 Å². The molecule has 1 atom stereocenters. The number of aryl methyl sites for hydroxylation is 2. The predicted octanol–water partition coefficient (Wildman–Crippen LogP) is 3.37.